The van der Waals surface area contributed by atoms with Gasteiger partial charge in [0.05, 0.1) is 12.1 Å². The Morgan fingerprint density at radius 1 is 1.40 bits per heavy atom. The number of aliphatic imine (C=N–C) groups is 1. The van der Waals surface area contributed by atoms with Gasteiger partial charge in [-0.1, -0.05) is 31.5 Å². The van der Waals surface area contributed by atoms with Crippen molar-refractivity contribution >= 4 is 35.0 Å². The standard InChI is InChI=1S/C15H20ClN3S/c1-14(2)6-7-20-10-15(14)9-18-13(17)19(15)12-5-3-4-11(16)8-12/h3-5,8H,6-7,9-10H2,1-2H3,(H2,17,18). The molecule has 0 aromatic heterocycles. The molecule has 5 heteroatoms. The third kappa shape index (κ3) is 2.01. The molecule has 0 saturated carbocycles. The van der Waals surface area contributed by atoms with E-state index < -0.39 is 0 Å². The summed E-state index contributed by atoms with van der Waals surface area (Å²) in [7, 11) is 0. The lowest BCUT2D eigenvalue weighted by molar-refractivity contribution is 0.192. The Morgan fingerprint density at radius 3 is 2.90 bits per heavy atom. The van der Waals surface area contributed by atoms with Crippen LogP contribution in [0.4, 0.5) is 5.69 Å². The molecule has 3 nitrogen and oxygen atoms in total. The van der Waals surface area contributed by atoms with Crippen LogP contribution in [0.3, 0.4) is 0 Å². The van der Waals surface area contributed by atoms with Crippen LogP contribution in [-0.2, 0) is 0 Å². The molecule has 2 aliphatic rings. The highest BCUT2D eigenvalue weighted by molar-refractivity contribution is 7.99. The summed E-state index contributed by atoms with van der Waals surface area (Å²) in [6.07, 6.45) is 1.18. The second kappa shape index (κ2) is 4.85. The highest BCUT2D eigenvalue weighted by atomic mass is 35.5. The number of thioether (sulfide) groups is 1. The van der Waals surface area contributed by atoms with Crippen LogP contribution in [0, 0.1) is 5.41 Å². The summed E-state index contributed by atoms with van der Waals surface area (Å²) in [6.45, 7) is 5.43. The van der Waals surface area contributed by atoms with Gasteiger partial charge in [-0.15, -0.1) is 0 Å². The number of halogens is 1. The number of hydrogen-bond donors (Lipinski definition) is 1. The molecule has 1 unspecified atom stereocenters. The van der Waals surface area contributed by atoms with Crippen molar-refractivity contribution in [1.29, 1.82) is 0 Å². The number of benzene rings is 1. The van der Waals surface area contributed by atoms with E-state index in [-0.39, 0.29) is 11.0 Å². The van der Waals surface area contributed by atoms with Crippen molar-refractivity contribution in [2.45, 2.75) is 25.8 Å². The average Bonchev–Trinajstić information content (AvgIpc) is 2.72. The average molecular weight is 310 g/mol. The van der Waals surface area contributed by atoms with Crippen molar-refractivity contribution in [2.24, 2.45) is 16.1 Å². The van der Waals surface area contributed by atoms with Crippen molar-refractivity contribution in [1.82, 2.24) is 0 Å². The zero-order valence-electron chi connectivity index (χ0n) is 11.9. The molecule has 0 bridgehead atoms. The molecule has 0 radical (unpaired) electrons. The topological polar surface area (TPSA) is 41.6 Å². The SMILES string of the molecule is CC1(C)CCSCC12CN=C(N)N2c1cccc(Cl)c1. The van der Waals surface area contributed by atoms with E-state index in [0.717, 1.165) is 23.0 Å². The molecule has 1 aromatic carbocycles. The number of hydrogen-bond acceptors (Lipinski definition) is 4. The molecule has 2 heterocycles. The molecule has 2 aliphatic heterocycles. The van der Waals surface area contributed by atoms with Gasteiger partial charge < -0.3 is 10.6 Å². The van der Waals surface area contributed by atoms with Gasteiger partial charge in [0.25, 0.3) is 0 Å². The lowest BCUT2D eigenvalue weighted by Crippen LogP contribution is -2.63. The summed E-state index contributed by atoms with van der Waals surface area (Å²) in [4.78, 5) is 6.77. The van der Waals surface area contributed by atoms with E-state index >= 15 is 0 Å². The molecule has 20 heavy (non-hydrogen) atoms. The van der Waals surface area contributed by atoms with E-state index in [2.05, 4.69) is 29.8 Å². The Balaban J connectivity index is 2.08. The van der Waals surface area contributed by atoms with Crippen LogP contribution in [0.15, 0.2) is 29.3 Å². The van der Waals surface area contributed by atoms with Crippen LogP contribution in [0.2, 0.25) is 5.02 Å². The zero-order valence-corrected chi connectivity index (χ0v) is 13.5. The van der Waals surface area contributed by atoms with Crippen LogP contribution >= 0.6 is 23.4 Å². The Morgan fingerprint density at radius 2 is 2.20 bits per heavy atom. The molecular formula is C15H20ClN3S. The first-order valence-electron chi connectivity index (χ1n) is 6.90. The van der Waals surface area contributed by atoms with E-state index in [4.69, 9.17) is 17.3 Å². The monoisotopic (exact) mass is 309 g/mol. The van der Waals surface area contributed by atoms with Gasteiger partial charge in [-0.2, -0.15) is 11.8 Å². The second-order valence-corrected chi connectivity index (χ2v) is 7.75. The largest absolute Gasteiger partial charge is 0.369 e. The molecule has 1 aromatic rings. The van der Waals surface area contributed by atoms with E-state index in [1.807, 2.05) is 30.0 Å². The number of nitrogens with zero attached hydrogens (tertiary/aromatic N) is 2. The van der Waals surface area contributed by atoms with Crippen molar-refractivity contribution in [3.8, 4) is 0 Å². The lowest BCUT2D eigenvalue weighted by atomic mass is 9.70. The number of anilines is 1. The smallest absolute Gasteiger partial charge is 0.196 e. The number of nitrogens with two attached hydrogens (primary N) is 1. The van der Waals surface area contributed by atoms with Gasteiger partial charge in [0.1, 0.15) is 0 Å². The molecular weight excluding hydrogens is 290 g/mol. The number of guanidine groups is 1. The molecule has 108 valence electrons. The van der Waals surface area contributed by atoms with E-state index in [0.29, 0.717) is 5.96 Å². The Kier molecular flexibility index (Phi) is 3.41. The molecule has 1 fully saturated rings. The van der Waals surface area contributed by atoms with Crippen LogP contribution < -0.4 is 10.6 Å². The van der Waals surface area contributed by atoms with Crippen molar-refractivity contribution in [3.63, 3.8) is 0 Å². The van der Waals surface area contributed by atoms with Crippen LogP contribution in [0.5, 0.6) is 0 Å². The second-order valence-electron chi connectivity index (χ2n) is 6.21. The van der Waals surface area contributed by atoms with E-state index in [9.17, 15) is 0 Å². The molecule has 1 saturated heterocycles. The summed E-state index contributed by atoms with van der Waals surface area (Å²) >= 11 is 8.15. The summed E-state index contributed by atoms with van der Waals surface area (Å²) in [6, 6.07) is 7.91. The summed E-state index contributed by atoms with van der Waals surface area (Å²) < 4.78 is 0. The fourth-order valence-electron chi connectivity index (χ4n) is 3.19. The van der Waals surface area contributed by atoms with Gasteiger partial charge in [-0.05, 0) is 35.8 Å². The maximum absolute atomic E-state index is 6.21. The fraction of sp³-hybridized carbons (Fsp3) is 0.533. The summed E-state index contributed by atoms with van der Waals surface area (Å²) in [5, 5.41) is 0.735. The molecule has 1 spiro atoms. The molecule has 2 N–H and O–H groups in total. The van der Waals surface area contributed by atoms with Crippen LogP contribution in [-0.4, -0.2) is 29.5 Å². The maximum atomic E-state index is 6.21. The molecule has 0 aliphatic carbocycles. The van der Waals surface area contributed by atoms with Crippen molar-refractivity contribution in [2.75, 3.05) is 23.0 Å². The van der Waals surface area contributed by atoms with Gasteiger partial charge in [0.2, 0.25) is 0 Å². The lowest BCUT2D eigenvalue weighted by Gasteiger charge is -2.52. The summed E-state index contributed by atoms with van der Waals surface area (Å²) in [5.74, 6) is 2.87. The van der Waals surface area contributed by atoms with E-state index in [1.54, 1.807) is 0 Å². The normalized spacial score (nSPS) is 28.8. The highest BCUT2D eigenvalue weighted by Gasteiger charge is 2.54. The van der Waals surface area contributed by atoms with Crippen LogP contribution in [0.25, 0.3) is 0 Å². The first-order valence-corrected chi connectivity index (χ1v) is 8.43. The van der Waals surface area contributed by atoms with Gasteiger partial charge in [0, 0.05) is 16.5 Å². The minimum Gasteiger partial charge on any atom is -0.369 e. The van der Waals surface area contributed by atoms with E-state index in [1.165, 1.54) is 12.2 Å². The minimum absolute atomic E-state index is 0.0370. The van der Waals surface area contributed by atoms with Crippen molar-refractivity contribution in [3.05, 3.63) is 29.3 Å². The van der Waals surface area contributed by atoms with Gasteiger partial charge in [-0.3, -0.25) is 4.99 Å². The molecule has 3 rings (SSSR count). The Bertz CT molecular complexity index is 558. The quantitative estimate of drug-likeness (QED) is 0.864. The predicted octanol–water partition coefficient (Wildman–Crippen LogP) is 3.38. The third-order valence-electron chi connectivity index (χ3n) is 4.70. The highest BCUT2D eigenvalue weighted by Crippen LogP contribution is 2.49. The first kappa shape index (κ1) is 14.1. The number of rotatable bonds is 1. The maximum Gasteiger partial charge on any atom is 0.196 e. The minimum atomic E-state index is -0.0370. The van der Waals surface area contributed by atoms with Crippen molar-refractivity contribution < 1.29 is 0 Å². The Labute approximate surface area is 129 Å². The Hall–Kier alpha value is -0.870. The fourth-order valence-corrected chi connectivity index (χ4v) is 5.12. The van der Waals surface area contributed by atoms with Crippen LogP contribution in [0.1, 0.15) is 20.3 Å². The van der Waals surface area contributed by atoms with Gasteiger partial charge in [0.15, 0.2) is 5.96 Å². The molecule has 0 amide bonds. The predicted molar refractivity (Wildman–Crippen MR) is 88.9 cm³/mol. The van der Waals surface area contributed by atoms with Gasteiger partial charge in [-0.25, -0.2) is 0 Å². The zero-order chi connectivity index (χ0) is 14.4. The third-order valence-corrected chi connectivity index (χ3v) is 6.11. The van der Waals surface area contributed by atoms with Gasteiger partial charge >= 0.3 is 0 Å². The molecule has 1 atom stereocenters. The first-order chi connectivity index (χ1) is 9.46. The summed E-state index contributed by atoms with van der Waals surface area (Å²) in [5.41, 5.74) is 7.39.